The molecule has 3 rings (SSSR count). The lowest BCUT2D eigenvalue weighted by Crippen LogP contribution is -2.42. The Kier molecular flexibility index (Phi) is 3.87. The van der Waals surface area contributed by atoms with Gasteiger partial charge in [0.15, 0.2) is 0 Å². The van der Waals surface area contributed by atoms with E-state index in [0.717, 1.165) is 25.8 Å². The van der Waals surface area contributed by atoms with Crippen LogP contribution in [0.4, 0.5) is 6.01 Å². The van der Waals surface area contributed by atoms with Gasteiger partial charge in [-0.25, -0.2) is 0 Å². The number of nitrogens with one attached hydrogen (secondary N) is 1. The number of nitrogens with zero attached hydrogens (tertiary/aromatic N) is 3. The minimum absolute atomic E-state index is 0.119. The molecule has 0 aromatic carbocycles. The number of hydrogen-bond acceptors (Lipinski definition) is 6. The zero-order chi connectivity index (χ0) is 14.8. The van der Waals surface area contributed by atoms with E-state index in [0.29, 0.717) is 24.8 Å². The first kappa shape index (κ1) is 14.0. The molecular formula is C13H18N4O4. The lowest BCUT2D eigenvalue weighted by atomic mass is 9.98. The summed E-state index contributed by atoms with van der Waals surface area (Å²) in [6.07, 6.45) is 3.57. The van der Waals surface area contributed by atoms with Crippen molar-refractivity contribution in [2.45, 2.75) is 31.6 Å². The van der Waals surface area contributed by atoms with Crippen LogP contribution in [0.15, 0.2) is 4.42 Å². The number of likely N-dealkylation sites (tertiary alicyclic amines) is 1. The Morgan fingerprint density at radius 3 is 2.86 bits per heavy atom. The summed E-state index contributed by atoms with van der Waals surface area (Å²) >= 11 is 0. The normalized spacial score (nSPS) is 23.0. The van der Waals surface area contributed by atoms with Crippen LogP contribution in [0, 0.1) is 5.92 Å². The van der Waals surface area contributed by atoms with Gasteiger partial charge in [-0.05, 0) is 32.2 Å². The van der Waals surface area contributed by atoms with Gasteiger partial charge in [-0.2, -0.15) is 0 Å². The Morgan fingerprint density at radius 2 is 2.14 bits per heavy atom. The molecule has 1 atom stereocenters. The largest absolute Gasteiger partial charge is 0.481 e. The molecule has 1 aliphatic carbocycles. The van der Waals surface area contributed by atoms with Crippen molar-refractivity contribution in [3.05, 3.63) is 5.89 Å². The molecule has 1 aromatic rings. The molecule has 0 spiro atoms. The van der Waals surface area contributed by atoms with Gasteiger partial charge < -0.3 is 9.52 Å². The van der Waals surface area contributed by atoms with Crippen molar-refractivity contribution < 1.29 is 19.1 Å². The number of carbonyl (C=O) groups excluding carboxylic acids is 1. The SMILES string of the molecule is O=C(CN1CCCC(C(=O)O)C1)Nc1nnc(C2CC2)o1. The number of aliphatic carboxylic acids is 1. The highest BCUT2D eigenvalue weighted by atomic mass is 16.4. The van der Waals surface area contributed by atoms with Crippen molar-refractivity contribution in [3.63, 3.8) is 0 Å². The standard InChI is InChI=1S/C13H18N4O4/c18-10(7-17-5-1-2-9(6-17)12(19)20)14-13-16-15-11(21-13)8-3-4-8/h8-9H,1-7H2,(H,19,20)(H,14,16,18). The highest BCUT2D eigenvalue weighted by Crippen LogP contribution is 2.39. The van der Waals surface area contributed by atoms with Gasteiger partial charge in [-0.1, -0.05) is 5.10 Å². The van der Waals surface area contributed by atoms with Gasteiger partial charge in [0.2, 0.25) is 11.8 Å². The first-order valence-corrected chi connectivity index (χ1v) is 7.20. The molecule has 114 valence electrons. The fraction of sp³-hybridized carbons (Fsp3) is 0.692. The lowest BCUT2D eigenvalue weighted by Gasteiger charge is -2.29. The Morgan fingerprint density at radius 1 is 1.33 bits per heavy atom. The minimum Gasteiger partial charge on any atom is -0.481 e. The second-order valence-corrected chi connectivity index (χ2v) is 5.68. The van der Waals surface area contributed by atoms with E-state index < -0.39 is 11.9 Å². The van der Waals surface area contributed by atoms with Crippen LogP contribution >= 0.6 is 0 Å². The average Bonchev–Trinajstić information content (AvgIpc) is 3.20. The summed E-state index contributed by atoms with van der Waals surface area (Å²) in [6.45, 7) is 1.28. The fourth-order valence-electron chi connectivity index (χ4n) is 2.54. The first-order valence-electron chi connectivity index (χ1n) is 7.20. The van der Waals surface area contributed by atoms with E-state index in [9.17, 15) is 9.59 Å². The van der Waals surface area contributed by atoms with Crippen molar-refractivity contribution in [3.8, 4) is 0 Å². The number of hydrogen-bond donors (Lipinski definition) is 2. The van der Waals surface area contributed by atoms with Crippen LogP contribution in [-0.4, -0.2) is 51.7 Å². The molecule has 1 amide bonds. The highest BCUT2D eigenvalue weighted by Gasteiger charge is 2.30. The Balaban J connectivity index is 1.49. The third-order valence-electron chi connectivity index (χ3n) is 3.84. The van der Waals surface area contributed by atoms with E-state index in [1.165, 1.54) is 0 Å². The molecule has 1 saturated carbocycles. The molecule has 1 aliphatic heterocycles. The summed E-state index contributed by atoms with van der Waals surface area (Å²) in [5.74, 6) is -0.523. The van der Waals surface area contributed by atoms with Crippen LogP contribution in [0.3, 0.4) is 0 Å². The summed E-state index contributed by atoms with van der Waals surface area (Å²) in [5.41, 5.74) is 0. The molecule has 1 unspecified atom stereocenters. The maximum absolute atomic E-state index is 11.9. The number of aromatic nitrogens is 2. The third kappa shape index (κ3) is 3.57. The first-order chi connectivity index (χ1) is 10.1. The Hall–Kier alpha value is -1.96. The molecule has 1 saturated heterocycles. The maximum Gasteiger partial charge on any atom is 0.322 e. The number of amides is 1. The number of rotatable bonds is 5. The predicted octanol–water partition coefficient (Wildman–Crippen LogP) is 0.682. The fourth-order valence-corrected chi connectivity index (χ4v) is 2.54. The number of piperidine rings is 1. The summed E-state index contributed by atoms with van der Waals surface area (Å²) in [4.78, 5) is 24.8. The van der Waals surface area contributed by atoms with Crippen molar-refractivity contribution in [2.24, 2.45) is 5.92 Å². The van der Waals surface area contributed by atoms with Gasteiger partial charge >= 0.3 is 12.0 Å². The maximum atomic E-state index is 11.9. The molecule has 8 heteroatoms. The number of anilines is 1. The van der Waals surface area contributed by atoms with Crippen LogP contribution < -0.4 is 5.32 Å². The summed E-state index contributed by atoms with van der Waals surface area (Å²) < 4.78 is 5.36. The molecule has 2 heterocycles. The van der Waals surface area contributed by atoms with Gasteiger partial charge in [0, 0.05) is 12.5 Å². The summed E-state index contributed by atoms with van der Waals surface area (Å²) in [6, 6.07) is 0.119. The monoisotopic (exact) mass is 294 g/mol. The molecule has 2 N–H and O–H groups in total. The summed E-state index contributed by atoms with van der Waals surface area (Å²) in [7, 11) is 0. The molecule has 0 bridgehead atoms. The van der Waals surface area contributed by atoms with Crippen molar-refractivity contribution in [1.29, 1.82) is 0 Å². The van der Waals surface area contributed by atoms with Crippen LogP contribution in [0.5, 0.6) is 0 Å². The van der Waals surface area contributed by atoms with Crippen LogP contribution in [-0.2, 0) is 9.59 Å². The molecular weight excluding hydrogens is 276 g/mol. The third-order valence-corrected chi connectivity index (χ3v) is 3.84. The van der Waals surface area contributed by atoms with Gasteiger partial charge in [-0.15, -0.1) is 5.10 Å². The van der Waals surface area contributed by atoms with E-state index in [4.69, 9.17) is 9.52 Å². The molecule has 2 aliphatic rings. The van der Waals surface area contributed by atoms with Gasteiger partial charge in [0.25, 0.3) is 0 Å². The molecule has 0 radical (unpaired) electrons. The number of carboxylic acids is 1. The highest BCUT2D eigenvalue weighted by molar-refractivity contribution is 5.90. The molecule has 1 aromatic heterocycles. The minimum atomic E-state index is -0.800. The van der Waals surface area contributed by atoms with Crippen molar-refractivity contribution in [2.75, 3.05) is 25.0 Å². The summed E-state index contributed by atoms with van der Waals surface area (Å²) in [5, 5.41) is 19.3. The van der Waals surface area contributed by atoms with Crippen molar-refractivity contribution in [1.82, 2.24) is 15.1 Å². The van der Waals surface area contributed by atoms with E-state index >= 15 is 0 Å². The van der Waals surface area contributed by atoms with Crippen molar-refractivity contribution >= 4 is 17.9 Å². The van der Waals surface area contributed by atoms with Crippen LogP contribution in [0.2, 0.25) is 0 Å². The Labute approximate surface area is 121 Å². The van der Waals surface area contributed by atoms with E-state index in [-0.39, 0.29) is 18.5 Å². The average molecular weight is 294 g/mol. The van der Waals surface area contributed by atoms with E-state index in [1.54, 1.807) is 0 Å². The number of carbonyl (C=O) groups is 2. The molecule has 21 heavy (non-hydrogen) atoms. The van der Waals surface area contributed by atoms with Gasteiger partial charge in [-0.3, -0.25) is 19.8 Å². The molecule has 2 fully saturated rings. The lowest BCUT2D eigenvalue weighted by molar-refractivity contribution is -0.144. The smallest absolute Gasteiger partial charge is 0.322 e. The number of carboxylic acid groups (broad SMARTS) is 1. The zero-order valence-electron chi connectivity index (χ0n) is 11.6. The van der Waals surface area contributed by atoms with Crippen LogP contribution in [0.1, 0.15) is 37.5 Å². The second kappa shape index (κ2) is 5.80. The predicted molar refractivity (Wildman–Crippen MR) is 71.7 cm³/mol. The zero-order valence-corrected chi connectivity index (χ0v) is 11.6. The van der Waals surface area contributed by atoms with Gasteiger partial charge in [0.1, 0.15) is 0 Å². The van der Waals surface area contributed by atoms with E-state index in [1.807, 2.05) is 4.90 Å². The Bertz CT molecular complexity index is 540. The quantitative estimate of drug-likeness (QED) is 0.822. The second-order valence-electron chi connectivity index (χ2n) is 5.68. The van der Waals surface area contributed by atoms with E-state index in [2.05, 4.69) is 15.5 Å². The van der Waals surface area contributed by atoms with Crippen LogP contribution in [0.25, 0.3) is 0 Å². The topological polar surface area (TPSA) is 109 Å². The molecule has 8 nitrogen and oxygen atoms in total. The van der Waals surface area contributed by atoms with Gasteiger partial charge in [0.05, 0.1) is 12.5 Å².